The van der Waals surface area contributed by atoms with Crippen LogP contribution in [0, 0.1) is 28.6 Å². The maximum atomic E-state index is 14.7. The summed E-state index contributed by atoms with van der Waals surface area (Å²) in [5.41, 5.74) is 7.91. The van der Waals surface area contributed by atoms with Crippen LogP contribution in [0.25, 0.3) is 21.7 Å². The number of aryl methyl sites for hydroxylation is 1. The van der Waals surface area contributed by atoms with Crippen molar-refractivity contribution in [3.63, 3.8) is 0 Å². The number of halogens is 1. The van der Waals surface area contributed by atoms with Crippen LogP contribution in [0.2, 0.25) is 5.02 Å². The zero-order valence-electron chi connectivity index (χ0n) is 31.7. The van der Waals surface area contributed by atoms with Crippen molar-refractivity contribution in [2.45, 2.75) is 71.5 Å². The minimum absolute atomic E-state index is 0.122. The van der Waals surface area contributed by atoms with E-state index >= 15 is 0 Å². The highest BCUT2D eigenvalue weighted by Crippen LogP contribution is 2.62. The highest BCUT2D eigenvalue weighted by Gasteiger charge is 2.59. The number of ether oxygens (including phenoxy) is 2. The van der Waals surface area contributed by atoms with Gasteiger partial charge in [0, 0.05) is 36.8 Å². The number of carbonyl (C=O) groups is 2. The number of benzene rings is 2. The molecule has 3 saturated carbocycles. The Hall–Kier alpha value is -5.52. The van der Waals surface area contributed by atoms with Gasteiger partial charge in [-0.05, 0) is 71.7 Å². The summed E-state index contributed by atoms with van der Waals surface area (Å²) >= 11 is 6.99. The molecular weight excluding hydrogens is 722 g/mol. The summed E-state index contributed by atoms with van der Waals surface area (Å²) in [6.45, 7) is 9.54. The molecule has 3 aliphatic rings. The van der Waals surface area contributed by atoms with Gasteiger partial charge in [0.25, 0.3) is 5.56 Å². The number of nitrogens with two attached hydrogens (primary N) is 1. The van der Waals surface area contributed by atoms with Crippen molar-refractivity contribution in [2.24, 2.45) is 30.0 Å². The molecule has 3 N–H and O–H groups in total. The number of amides is 1. The van der Waals surface area contributed by atoms with Crippen LogP contribution in [0.1, 0.15) is 76.7 Å². The predicted molar refractivity (Wildman–Crippen MR) is 209 cm³/mol. The van der Waals surface area contributed by atoms with Gasteiger partial charge in [-0.15, -0.1) is 5.10 Å². The Labute approximate surface area is 323 Å². The molecule has 1 amide bonds. The van der Waals surface area contributed by atoms with E-state index in [1.165, 1.54) is 15.7 Å². The van der Waals surface area contributed by atoms with E-state index in [4.69, 9.17) is 26.8 Å². The van der Waals surface area contributed by atoms with Crippen molar-refractivity contribution >= 4 is 56.7 Å². The summed E-state index contributed by atoms with van der Waals surface area (Å²) in [5, 5.41) is 24.5. The Morgan fingerprint density at radius 2 is 1.89 bits per heavy atom. The molecule has 3 fully saturated rings. The third kappa shape index (κ3) is 6.98. The van der Waals surface area contributed by atoms with Gasteiger partial charge in [-0.1, -0.05) is 63.6 Å². The lowest BCUT2D eigenvalue weighted by Gasteiger charge is -2.61. The fourth-order valence-corrected chi connectivity index (χ4v) is 7.63. The van der Waals surface area contributed by atoms with E-state index in [-0.39, 0.29) is 38.7 Å². The van der Waals surface area contributed by atoms with Crippen LogP contribution in [0.15, 0.2) is 59.8 Å². The number of anilines is 2. The molecule has 0 saturated heterocycles. The topological polar surface area (TPSA) is 183 Å². The fourth-order valence-electron chi connectivity index (χ4n) is 7.36. The van der Waals surface area contributed by atoms with E-state index in [0.29, 0.717) is 51.1 Å². The number of aromatic nitrogens is 5. The lowest BCUT2D eigenvalue weighted by atomic mass is 9.50. The second kappa shape index (κ2) is 14.3. The normalized spacial score (nSPS) is 18.6. The molecule has 2 atom stereocenters. The van der Waals surface area contributed by atoms with Crippen LogP contribution in [-0.4, -0.2) is 56.0 Å². The number of pyridine rings is 2. The van der Waals surface area contributed by atoms with Crippen molar-refractivity contribution in [1.82, 2.24) is 24.5 Å². The minimum atomic E-state index is -1.04. The number of esters is 1. The molecule has 55 heavy (non-hydrogen) atoms. The predicted octanol–water partition coefficient (Wildman–Crippen LogP) is 6.39. The molecule has 2 aromatic carbocycles. The highest BCUT2D eigenvalue weighted by molar-refractivity contribution is 6.36. The van der Waals surface area contributed by atoms with E-state index in [1.54, 1.807) is 51.4 Å². The molecule has 0 spiro atoms. The zero-order valence-corrected chi connectivity index (χ0v) is 32.4. The molecule has 3 heterocycles. The van der Waals surface area contributed by atoms with E-state index in [2.05, 4.69) is 47.5 Å². The summed E-state index contributed by atoms with van der Waals surface area (Å²) in [5.74, 6) is -0.265. The first-order chi connectivity index (χ1) is 26.1. The Kier molecular flexibility index (Phi) is 9.81. The van der Waals surface area contributed by atoms with E-state index < -0.39 is 30.9 Å². The Bertz CT molecular complexity index is 2410. The summed E-state index contributed by atoms with van der Waals surface area (Å²) in [6.07, 6.45) is 7.05. The molecule has 8 rings (SSSR count). The lowest BCUT2D eigenvalue weighted by molar-refractivity contribution is -0.154. The van der Waals surface area contributed by atoms with Crippen molar-refractivity contribution in [2.75, 3.05) is 23.6 Å². The Morgan fingerprint density at radius 1 is 1.15 bits per heavy atom. The molecule has 0 radical (unpaired) electrons. The first-order valence-corrected chi connectivity index (χ1v) is 18.6. The third-order valence-electron chi connectivity index (χ3n) is 10.7. The molecular formula is C40H44ClN9O5. The molecule has 2 bridgehead atoms. The first-order valence-electron chi connectivity index (χ1n) is 18.3. The Balaban J connectivity index is 1.43. The third-order valence-corrected chi connectivity index (χ3v) is 11.0. The molecule has 5 aromatic rings. The lowest BCUT2D eigenvalue weighted by Crippen LogP contribution is -2.59. The van der Waals surface area contributed by atoms with Crippen LogP contribution in [-0.2, 0) is 26.9 Å². The summed E-state index contributed by atoms with van der Waals surface area (Å²) in [7, 11) is 1.67. The van der Waals surface area contributed by atoms with Crippen LogP contribution < -0.4 is 21.5 Å². The van der Waals surface area contributed by atoms with Gasteiger partial charge < -0.3 is 25.1 Å². The second-order valence-electron chi connectivity index (χ2n) is 16.3. The van der Waals surface area contributed by atoms with Gasteiger partial charge in [-0.25, -0.2) is 9.48 Å². The monoisotopic (exact) mass is 765 g/mol. The number of hydrogen-bond donors (Lipinski definition) is 2. The zero-order chi connectivity index (χ0) is 39.4. The van der Waals surface area contributed by atoms with Gasteiger partial charge in [0.15, 0.2) is 0 Å². The van der Waals surface area contributed by atoms with E-state index in [9.17, 15) is 19.6 Å². The second-order valence-corrected chi connectivity index (χ2v) is 16.7. The van der Waals surface area contributed by atoms with Crippen molar-refractivity contribution < 1.29 is 19.1 Å². The van der Waals surface area contributed by atoms with Crippen LogP contribution in [0.3, 0.4) is 0 Å². The first kappa shape index (κ1) is 37.8. The van der Waals surface area contributed by atoms with E-state index in [1.807, 2.05) is 23.0 Å². The molecule has 15 heteroatoms. The van der Waals surface area contributed by atoms with Gasteiger partial charge in [0.1, 0.15) is 23.8 Å². The van der Waals surface area contributed by atoms with Crippen LogP contribution in [0.4, 0.5) is 16.2 Å². The van der Waals surface area contributed by atoms with Gasteiger partial charge in [0.2, 0.25) is 6.79 Å². The van der Waals surface area contributed by atoms with Crippen LogP contribution >= 0.6 is 11.6 Å². The maximum Gasteiger partial charge on any atom is 0.418 e. The maximum absolute atomic E-state index is 14.7. The standard InChI is InChI=1S/C40H44ClN9O5/c1-22(2)32(43)37(52)54-21-55-38(53)50(25-12-29-33(45-20-39(3,4)5)24(17-42)18-44-34(29)30(41)13-25)35(31-19-49(47-46-31)40-14-23(15-40)16-40)27-8-7-9-28-26(27)10-11-48(6)36(28)51/h7-13,18-19,22-23,32,35H,14-16,20-21,43H2,1-6H3,(H,44,45)/t23?,32-,35?,40?/m0/s1. The summed E-state index contributed by atoms with van der Waals surface area (Å²) in [6, 6.07) is 10.7. The quantitative estimate of drug-likeness (QED) is 0.112. The number of nitrogens with one attached hydrogen (secondary N) is 1. The number of rotatable bonds is 11. The average Bonchev–Trinajstić information content (AvgIpc) is 3.57. The van der Waals surface area contributed by atoms with Gasteiger partial charge in [-0.3, -0.25) is 19.5 Å². The summed E-state index contributed by atoms with van der Waals surface area (Å²) in [4.78, 5) is 46.7. The summed E-state index contributed by atoms with van der Waals surface area (Å²) < 4.78 is 14.4. The Morgan fingerprint density at radius 3 is 2.55 bits per heavy atom. The van der Waals surface area contributed by atoms with Crippen molar-refractivity contribution in [3.05, 3.63) is 87.2 Å². The molecule has 0 aliphatic heterocycles. The average molecular weight is 766 g/mol. The van der Waals surface area contributed by atoms with Gasteiger partial charge in [-0.2, -0.15) is 5.26 Å². The smallest absolute Gasteiger partial charge is 0.418 e. The van der Waals surface area contributed by atoms with Crippen LogP contribution in [0.5, 0.6) is 0 Å². The highest BCUT2D eigenvalue weighted by atomic mass is 35.5. The molecule has 14 nitrogen and oxygen atoms in total. The number of fused-ring (bicyclic) bond motifs is 2. The van der Waals surface area contributed by atoms with Crippen molar-refractivity contribution in [3.8, 4) is 6.07 Å². The van der Waals surface area contributed by atoms with Gasteiger partial charge in [0.05, 0.1) is 39.2 Å². The number of carbonyl (C=O) groups excluding carboxylic acids is 2. The van der Waals surface area contributed by atoms with E-state index in [0.717, 1.165) is 19.3 Å². The van der Waals surface area contributed by atoms with Gasteiger partial charge >= 0.3 is 12.1 Å². The molecule has 3 aliphatic carbocycles. The van der Waals surface area contributed by atoms with Crippen molar-refractivity contribution in [1.29, 1.82) is 5.26 Å². The number of nitrogens with zero attached hydrogens (tertiary/aromatic N) is 7. The minimum Gasteiger partial charge on any atom is -0.427 e. The molecule has 286 valence electrons. The number of nitriles is 1. The largest absolute Gasteiger partial charge is 0.427 e. The SMILES string of the molecule is CC(C)[C@H](N)C(=O)OCOC(=O)N(c1cc(Cl)c2ncc(C#N)c(NCC(C)(C)C)c2c1)C(c1cn(C23CC(C2)C3)nn1)c1cccc2c(=O)n(C)ccc12. The molecule has 1 unspecified atom stereocenters. The fraction of sp³-hybridized carbons (Fsp3) is 0.425. The molecule has 3 aromatic heterocycles. The number of hydrogen-bond acceptors (Lipinski definition) is 11.